The highest BCUT2D eigenvalue weighted by Crippen LogP contribution is 2.41. The van der Waals surface area contributed by atoms with Crippen LogP contribution in [-0.2, 0) is 18.6 Å². The van der Waals surface area contributed by atoms with Crippen LogP contribution in [0.3, 0.4) is 0 Å². The summed E-state index contributed by atoms with van der Waals surface area (Å²) >= 11 is 0. The Morgan fingerprint density at radius 3 is 2.50 bits per heavy atom. The lowest BCUT2D eigenvalue weighted by Gasteiger charge is -2.31. The maximum atomic E-state index is 14.1. The van der Waals surface area contributed by atoms with E-state index in [1.807, 2.05) is 24.8 Å². The summed E-state index contributed by atoms with van der Waals surface area (Å²) in [6.45, 7) is 4.44. The fourth-order valence-corrected chi connectivity index (χ4v) is 3.57. The summed E-state index contributed by atoms with van der Waals surface area (Å²) in [6, 6.07) is 12.7. The topological polar surface area (TPSA) is 61.0 Å². The van der Waals surface area contributed by atoms with Crippen LogP contribution >= 0.6 is 0 Å². The second-order valence-corrected chi connectivity index (χ2v) is 7.36. The van der Waals surface area contributed by atoms with Gasteiger partial charge in [0.25, 0.3) is 5.91 Å². The van der Waals surface area contributed by atoms with E-state index in [1.54, 1.807) is 24.3 Å². The molecular weight excluding hydrogens is 362 g/mol. The van der Waals surface area contributed by atoms with E-state index in [4.69, 9.17) is 0 Å². The first-order valence-corrected chi connectivity index (χ1v) is 9.00. The summed E-state index contributed by atoms with van der Waals surface area (Å²) in [5, 5.41) is 10.1. The molecule has 1 aromatic heterocycles. The average Bonchev–Trinajstić information content (AvgIpc) is 3.18. The van der Waals surface area contributed by atoms with E-state index in [-0.39, 0.29) is 18.0 Å². The molecule has 0 saturated heterocycles. The zero-order chi connectivity index (χ0) is 19.9. The van der Waals surface area contributed by atoms with Gasteiger partial charge in [-0.25, -0.2) is 8.78 Å². The van der Waals surface area contributed by atoms with Gasteiger partial charge in [0.05, 0.1) is 11.2 Å². The number of hydrogen-bond acceptors (Lipinski definition) is 3. The minimum atomic E-state index is -0.568. The maximum Gasteiger partial charge on any atom is 0.256 e. The first-order chi connectivity index (χ1) is 13.4. The minimum absolute atomic E-state index is 0.0311. The van der Waals surface area contributed by atoms with Gasteiger partial charge in [0, 0.05) is 29.8 Å². The molecule has 5 nitrogen and oxygen atoms in total. The highest BCUT2D eigenvalue weighted by Gasteiger charge is 2.41. The molecule has 0 fully saturated rings. The van der Waals surface area contributed by atoms with E-state index in [0.717, 1.165) is 11.3 Å². The largest absolute Gasteiger partial charge is 0.305 e. The van der Waals surface area contributed by atoms with Crippen LogP contribution in [-0.4, -0.2) is 21.0 Å². The van der Waals surface area contributed by atoms with Gasteiger partial charge < -0.3 is 5.32 Å². The average molecular weight is 382 g/mol. The lowest BCUT2D eigenvalue weighted by Crippen LogP contribution is -2.36. The Hall–Kier alpha value is -3.06. The van der Waals surface area contributed by atoms with Crippen molar-refractivity contribution in [1.82, 2.24) is 15.1 Å². The van der Waals surface area contributed by atoms with Crippen molar-refractivity contribution in [2.75, 3.05) is 5.32 Å². The number of nitrogens with zero attached hydrogens (tertiary/aromatic N) is 2. The van der Waals surface area contributed by atoms with Gasteiger partial charge in [-0.15, -0.1) is 0 Å². The second kappa shape index (κ2) is 6.83. The third-order valence-corrected chi connectivity index (χ3v) is 5.30. The highest BCUT2D eigenvalue weighted by atomic mass is 19.1. The molecule has 2 aromatic carbocycles. The van der Waals surface area contributed by atoms with Crippen molar-refractivity contribution in [2.24, 2.45) is 0 Å². The van der Waals surface area contributed by atoms with E-state index in [9.17, 15) is 13.6 Å². The molecule has 2 heterocycles. The Kier molecular flexibility index (Phi) is 4.47. The first-order valence-electron chi connectivity index (χ1n) is 9.00. The van der Waals surface area contributed by atoms with Crippen molar-refractivity contribution in [1.29, 1.82) is 0 Å². The number of aromatic nitrogens is 2. The Balaban J connectivity index is 1.59. The smallest absolute Gasteiger partial charge is 0.256 e. The van der Waals surface area contributed by atoms with Crippen LogP contribution in [0.5, 0.6) is 0 Å². The van der Waals surface area contributed by atoms with Crippen LogP contribution in [0, 0.1) is 11.6 Å². The number of carbonyl (C=O) groups excluding carboxylic acids is 1. The van der Waals surface area contributed by atoms with Gasteiger partial charge >= 0.3 is 0 Å². The van der Waals surface area contributed by atoms with E-state index >= 15 is 0 Å². The summed E-state index contributed by atoms with van der Waals surface area (Å²) in [4.78, 5) is 14.4. The summed E-state index contributed by atoms with van der Waals surface area (Å²) in [5.74, 6) is -0.955. The fourth-order valence-electron chi connectivity index (χ4n) is 3.57. The molecule has 3 aromatic rings. The molecule has 1 aliphatic rings. The molecule has 0 bridgehead atoms. The number of aromatic amines is 1. The molecule has 0 aliphatic carbocycles. The first kappa shape index (κ1) is 18.3. The molecule has 4 rings (SSSR count). The number of benzene rings is 2. The van der Waals surface area contributed by atoms with Crippen molar-refractivity contribution in [3.8, 4) is 0 Å². The molecule has 28 heavy (non-hydrogen) atoms. The molecule has 0 radical (unpaired) electrons. The lowest BCUT2D eigenvalue weighted by atomic mass is 10.00. The molecule has 0 saturated carbocycles. The minimum Gasteiger partial charge on any atom is -0.305 e. The zero-order valence-corrected chi connectivity index (χ0v) is 15.6. The van der Waals surface area contributed by atoms with E-state index in [1.165, 1.54) is 18.2 Å². The second-order valence-electron chi connectivity index (χ2n) is 7.36. The highest BCUT2D eigenvalue weighted by molar-refractivity contribution is 6.04. The molecular formula is C21H20F2N4O. The predicted octanol–water partition coefficient (Wildman–Crippen LogP) is 4.19. The van der Waals surface area contributed by atoms with E-state index in [2.05, 4.69) is 15.5 Å². The van der Waals surface area contributed by atoms with Gasteiger partial charge in [-0.1, -0.05) is 24.3 Å². The molecule has 1 amide bonds. The normalized spacial score (nSPS) is 15.4. The number of hydrogen-bond donors (Lipinski definition) is 2. The van der Waals surface area contributed by atoms with Crippen LogP contribution < -0.4 is 5.32 Å². The Labute approximate surface area is 161 Å². The SMILES string of the molecule is CC1(C)c2[nH]nc(NC(=O)c3ccccc3)c2CN1Cc1c(F)cccc1F. The Bertz CT molecular complexity index is 1010. The van der Waals surface area contributed by atoms with Gasteiger partial charge in [-0.05, 0) is 38.1 Å². The van der Waals surface area contributed by atoms with E-state index < -0.39 is 17.2 Å². The van der Waals surface area contributed by atoms with Crippen LogP contribution in [0.2, 0.25) is 0 Å². The van der Waals surface area contributed by atoms with Gasteiger partial charge in [0.1, 0.15) is 11.6 Å². The Morgan fingerprint density at radius 2 is 1.82 bits per heavy atom. The standard InChI is InChI=1S/C21H20F2N4O/c1-21(2)18-15(12-27(21)11-14-16(22)9-6-10-17(14)23)19(26-25-18)24-20(28)13-7-4-3-5-8-13/h3-10H,11-12H2,1-2H3,(H2,24,25,26,28). The monoisotopic (exact) mass is 382 g/mol. The molecule has 1 aliphatic heterocycles. The van der Waals surface area contributed by atoms with Crippen LogP contribution in [0.25, 0.3) is 0 Å². The quantitative estimate of drug-likeness (QED) is 0.711. The lowest BCUT2D eigenvalue weighted by molar-refractivity contribution is 0.102. The molecule has 144 valence electrons. The number of nitrogens with one attached hydrogen (secondary N) is 2. The Morgan fingerprint density at radius 1 is 1.14 bits per heavy atom. The number of rotatable bonds is 4. The number of anilines is 1. The van der Waals surface area contributed by atoms with Gasteiger partial charge in [0.15, 0.2) is 5.82 Å². The number of amides is 1. The molecule has 0 unspecified atom stereocenters. The number of halogens is 2. The summed E-state index contributed by atoms with van der Waals surface area (Å²) in [7, 11) is 0. The number of fused-ring (bicyclic) bond motifs is 1. The van der Waals surface area contributed by atoms with Crippen molar-refractivity contribution in [2.45, 2.75) is 32.5 Å². The van der Waals surface area contributed by atoms with Gasteiger partial charge in [-0.3, -0.25) is 14.8 Å². The number of carbonyl (C=O) groups is 1. The summed E-state index contributed by atoms with van der Waals surface area (Å²) in [5.41, 5.74) is 1.69. The molecule has 0 spiro atoms. The van der Waals surface area contributed by atoms with Gasteiger partial charge in [0.2, 0.25) is 0 Å². The molecule has 7 heteroatoms. The van der Waals surface area contributed by atoms with Crippen molar-refractivity contribution in [3.63, 3.8) is 0 Å². The summed E-state index contributed by atoms with van der Waals surface area (Å²) < 4.78 is 28.2. The number of H-pyrrole nitrogens is 1. The zero-order valence-electron chi connectivity index (χ0n) is 15.6. The van der Waals surface area contributed by atoms with Crippen LogP contribution in [0.15, 0.2) is 48.5 Å². The van der Waals surface area contributed by atoms with Crippen molar-refractivity contribution >= 4 is 11.7 Å². The third-order valence-electron chi connectivity index (χ3n) is 5.30. The van der Waals surface area contributed by atoms with Crippen molar-refractivity contribution in [3.05, 3.63) is 82.5 Å². The maximum absolute atomic E-state index is 14.1. The van der Waals surface area contributed by atoms with E-state index in [0.29, 0.717) is 17.9 Å². The summed E-state index contributed by atoms with van der Waals surface area (Å²) in [6.07, 6.45) is 0. The third kappa shape index (κ3) is 3.07. The van der Waals surface area contributed by atoms with Gasteiger partial charge in [-0.2, -0.15) is 5.10 Å². The predicted molar refractivity (Wildman–Crippen MR) is 102 cm³/mol. The fraction of sp³-hybridized carbons (Fsp3) is 0.238. The van der Waals surface area contributed by atoms with Crippen LogP contribution in [0.4, 0.5) is 14.6 Å². The van der Waals surface area contributed by atoms with Crippen molar-refractivity contribution < 1.29 is 13.6 Å². The molecule has 2 N–H and O–H groups in total. The molecule has 0 atom stereocenters. The van der Waals surface area contributed by atoms with Crippen LogP contribution in [0.1, 0.15) is 41.0 Å².